The van der Waals surface area contributed by atoms with Crippen LogP contribution in [0, 0.1) is 0 Å². The standard InChI is InChI=1S/C60H37NOS/c1-2-15-40(16-3-1)57-49-23-8-6-20-46(49)47-21-7-9-24-50(47)58(57)42-17-12-18-44(36-42)61(53-25-13-26-54-59(53)51-34-30-39-14-4-5-19-45(39)60(51)62-54)43-32-28-38(29-33-43)41-31-35-56-52(37-41)48-22-10-11-27-55(48)63-56/h1-37H. The lowest BCUT2D eigenvalue weighted by molar-refractivity contribution is 0.672. The van der Waals surface area contributed by atoms with Crippen molar-refractivity contribution in [3.63, 3.8) is 0 Å². The van der Waals surface area contributed by atoms with Crippen molar-refractivity contribution >= 4 is 103 Å². The second-order valence-corrected chi connectivity index (χ2v) is 17.4. The number of furan rings is 1. The second-order valence-electron chi connectivity index (χ2n) is 16.4. The second kappa shape index (κ2) is 14.3. The molecule has 0 spiro atoms. The van der Waals surface area contributed by atoms with Crippen LogP contribution in [0.5, 0.6) is 0 Å². The van der Waals surface area contributed by atoms with Crippen LogP contribution < -0.4 is 4.90 Å². The summed E-state index contributed by atoms with van der Waals surface area (Å²) in [4.78, 5) is 2.42. The van der Waals surface area contributed by atoms with Gasteiger partial charge in [-0.15, -0.1) is 11.3 Å². The Morgan fingerprint density at radius 3 is 1.75 bits per heavy atom. The van der Waals surface area contributed by atoms with Gasteiger partial charge in [-0.25, -0.2) is 0 Å². The van der Waals surface area contributed by atoms with Crippen molar-refractivity contribution in [1.29, 1.82) is 0 Å². The molecular formula is C60H37NOS. The predicted molar refractivity (Wildman–Crippen MR) is 270 cm³/mol. The molecular weight excluding hydrogens is 783 g/mol. The Morgan fingerprint density at radius 1 is 0.333 bits per heavy atom. The highest BCUT2D eigenvalue weighted by Gasteiger charge is 2.23. The zero-order valence-corrected chi connectivity index (χ0v) is 34.9. The smallest absolute Gasteiger partial charge is 0.143 e. The molecule has 0 bridgehead atoms. The third kappa shape index (κ3) is 5.71. The summed E-state index contributed by atoms with van der Waals surface area (Å²) in [6.45, 7) is 0. The van der Waals surface area contributed by atoms with Crippen molar-refractivity contribution in [2.75, 3.05) is 4.90 Å². The van der Waals surface area contributed by atoms with Gasteiger partial charge in [-0.3, -0.25) is 0 Å². The lowest BCUT2D eigenvalue weighted by Gasteiger charge is -2.27. The van der Waals surface area contributed by atoms with Crippen LogP contribution in [0.1, 0.15) is 0 Å². The monoisotopic (exact) mass is 819 g/mol. The minimum absolute atomic E-state index is 0.861. The molecule has 0 atom stereocenters. The quantitative estimate of drug-likeness (QED) is 0.155. The maximum atomic E-state index is 6.79. The van der Waals surface area contributed by atoms with Gasteiger partial charge < -0.3 is 9.32 Å². The molecule has 0 saturated carbocycles. The Hall–Kier alpha value is -7.98. The van der Waals surface area contributed by atoms with Gasteiger partial charge >= 0.3 is 0 Å². The molecule has 0 aliphatic rings. The van der Waals surface area contributed by atoms with Crippen LogP contribution in [-0.4, -0.2) is 0 Å². The van der Waals surface area contributed by atoms with Crippen molar-refractivity contribution in [2.24, 2.45) is 0 Å². The van der Waals surface area contributed by atoms with Crippen molar-refractivity contribution in [3.8, 4) is 33.4 Å². The van der Waals surface area contributed by atoms with Gasteiger partial charge in [0.2, 0.25) is 0 Å². The van der Waals surface area contributed by atoms with E-state index in [9.17, 15) is 0 Å². The van der Waals surface area contributed by atoms with Gasteiger partial charge in [0.15, 0.2) is 0 Å². The molecule has 2 aromatic heterocycles. The van der Waals surface area contributed by atoms with Gasteiger partial charge in [-0.1, -0.05) is 164 Å². The summed E-state index contributed by atoms with van der Waals surface area (Å²) in [5, 5.41) is 12.0. The van der Waals surface area contributed by atoms with Gasteiger partial charge in [-0.2, -0.15) is 0 Å². The highest BCUT2D eigenvalue weighted by atomic mass is 32.1. The van der Waals surface area contributed by atoms with Crippen molar-refractivity contribution in [3.05, 3.63) is 224 Å². The highest BCUT2D eigenvalue weighted by Crippen LogP contribution is 2.48. The number of thiophene rings is 1. The first-order valence-corrected chi connectivity index (χ1v) is 22.3. The molecule has 63 heavy (non-hydrogen) atoms. The topological polar surface area (TPSA) is 16.4 Å². The molecule has 0 unspecified atom stereocenters. The minimum atomic E-state index is 0.861. The third-order valence-corrected chi connectivity index (χ3v) is 14.0. The van der Waals surface area contributed by atoms with E-state index >= 15 is 0 Å². The zero-order valence-electron chi connectivity index (χ0n) is 34.1. The molecule has 0 N–H and O–H groups in total. The van der Waals surface area contributed by atoms with E-state index in [1.807, 2.05) is 11.3 Å². The normalized spacial score (nSPS) is 11.8. The molecule has 13 rings (SSSR count). The van der Waals surface area contributed by atoms with E-state index in [2.05, 4.69) is 229 Å². The molecule has 0 amide bonds. The molecule has 0 fully saturated rings. The molecule has 294 valence electrons. The van der Waals surface area contributed by atoms with Crippen molar-refractivity contribution < 1.29 is 4.42 Å². The van der Waals surface area contributed by atoms with Crippen molar-refractivity contribution in [2.45, 2.75) is 0 Å². The maximum absolute atomic E-state index is 6.79. The first kappa shape index (κ1) is 35.7. The van der Waals surface area contributed by atoms with Crippen molar-refractivity contribution in [1.82, 2.24) is 0 Å². The lowest BCUT2D eigenvalue weighted by Crippen LogP contribution is -2.10. The van der Waals surface area contributed by atoms with Gasteiger partial charge in [0.05, 0.1) is 11.1 Å². The first-order chi connectivity index (χ1) is 31.2. The molecule has 11 aromatic carbocycles. The Balaban J connectivity index is 1.04. The number of fused-ring (bicyclic) bond motifs is 11. The van der Waals surface area contributed by atoms with Gasteiger partial charge in [0.25, 0.3) is 0 Å². The number of hydrogen-bond donors (Lipinski definition) is 0. The Labute approximate surface area is 368 Å². The largest absolute Gasteiger partial charge is 0.455 e. The number of benzene rings is 11. The van der Waals surface area contributed by atoms with Gasteiger partial charge in [-0.05, 0) is 121 Å². The average Bonchev–Trinajstić information content (AvgIpc) is 3.93. The summed E-state index contributed by atoms with van der Waals surface area (Å²) < 4.78 is 9.41. The Bertz CT molecular complexity index is 3920. The van der Waals surface area contributed by atoms with E-state index in [0.717, 1.165) is 55.3 Å². The summed E-state index contributed by atoms with van der Waals surface area (Å²) in [6, 6.07) is 81.8. The summed E-state index contributed by atoms with van der Waals surface area (Å²) in [5.41, 5.74) is 12.2. The van der Waals surface area contributed by atoms with E-state index in [0.29, 0.717) is 0 Å². The lowest BCUT2D eigenvalue weighted by atomic mass is 9.85. The number of rotatable bonds is 6. The van der Waals surface area contributed by atoms with Gasteiger partial charge in [0, 0.05) is 42.3 Å². The fraction of sp³-hybridized carbons (Fsp3) is 0. The number of hydrogen-bond acceptors (Lipinski definition) is 3. The molecule has 2 nitrogen and oxygen atoms in total. The van der Waals surface area contributed by atoms with E-state index in [-0.39, 0.29) is 0 Å². The maximum Gasteiger partial charge on any atom is 0.143 e. The molecule has 3 heteroatoms. The van der Waals surface area contributed by atoms with Crippen LogP contribution in [0.15, 0.2) is 229 Å². The highest BCUT2D eigenvalue weighted by molar-refractivity contribution is 7.25. The van der Waals surface area contributed by atoms with Crippen LogP contribution in [0.4, 0.5) is 17.1 Å². The van der Waals surface area contributed by atoms with E-state index < -0.39 is 0 Å². The molecule has 0 radical (unpaired) electrons. The minimum Gasteiger partial charge on any atom is -0.455 e. The fourth-order valence-electron chi connectivity index (χ4n) is 10.0. The molecule has 0 aliphatic heterocycles. The average molecular weight is 820 g/mol. The molecule has 2 heterocycles. The van der Waals surface area contributed by atoms with E-state index in [4.69, 9.17) is 4.42 Å². The third-order valence-electron chi connectivity index (χ3n) is 12.8. The molecule has 0 saturated heterocycles. The summed E-state index contributed by atoms with van der Waals surface area (Å²) in [6.07, 6.45) is 0. The Morgan fingerprint density at radius 2 is 0.952 bits per heavy atom. The fourth-order valence-corrected chi connectivity index (χ4v) is 11.1. The van der Waals surface area contributed by atoms with E-state index in [1.165, 1.54) is 69.5 Å². The van der Waals surface area contributed by atoms with Gasteiger partial charge in [0.1, 0.15) is 11.2 Å². The Kier molecular flexibility index (Phi) is 8.12. The summed E-state index contributed by atoms with van der Waals surface area (Å²) in [7, 11) is 0. The molecule has 0 aliphatic carbocycles. The summed E-state index contributed by atoms with van der Waals surface area (Å²) in [5.74, 6) is 0. The predicted octanol–water partition coefficient (Wildman–Crippen LogP) is 17.9. The first-order valence-electron chi connectivity index (χ1n) is 21.5. The van der Waals surface area contributed by atoms with E-state index in [1.54, 1.807) is 0 Å². The van der Waals surface area contributed by atoms with Crippen LogP contribution in [0.2, 0.25) is 0 Å². The van der Waals surface area contributed by atoms with Crippen LogP contribution in [0.25, 0.3) is 108 Å². The molecule has 13 aromatic rings. The summed E-state index contributed by atoms with van der Waals surface area (Å²) >= 11 is 1.86. The SMILES string of the molecule is c1ccc(-c2c(-c3cccc(N(c4ccc(-c5ccc6sc7ccccc7c6c5)cc4)c4cccc5oc6c7ccccc7ccc6c45)c3)c3ccccc3c3ccccc23)cc1. The van der Waals surface area contributed by atoms with Crippen LogP contribution in [-0.2, 0) is 0 Å². The number of nitrogens with zero attached hydrogens (tertiary/aromatic N) is 1. The number of anilines is 3. The van der Waals surface area contributed by atoms with Crippen LogP contribution >= 0.6 is 11.3 Å². The zero-order chi connectivity index (χ0) is 41.4. The van der Waals surface area contributed by atoms with Crippen LogP contribution in [0.3, 0.4) is 0 Å².